The number of imide groups is 1. The van der Waals surface area contributed by atoms with Crippen molar-refractivity contribution in [2.75, 3.05) is 27.2 Å². The molecule has 1 unspecified atom stereocenters. The van der Waals surface area contributed by atoms with E-state index >= 15 is 4.39 Å². The molecule has 0 spiro atoms. The molecular formula is C26H36FN5O3. The summed E-state index contributed by atoms with van der Waals surface area (Å²) in [6.07, 6.45) is -0.518. The molecule has 35 heavy (non-hydrogen) atoms. The van der Waals surface area contributed by atoms with Crippen LogP contribution in [0.2, 0.25) is 0 Å². The van der Waals surface area contributed by atoms with Crippen molar-refractivity contribution in [1.82, 2.24) is 24.5 Å². The molecule has 1 fully saturated rings. The Bertz CT molecular complexity index is 1130. The molecule has 1 aliphatic rings. The van der Waals surface area contributed by atoms with Crippen molar-refractivity contribution < 1.29 is 18.8 Å². The van der Waals surface area contributed by atoms with Crippen LogP contribution in [-0.2, 0) is 33.4 Å². The summed E-state index contributed by atoms with van der Waals surface area (Å²) < 4.78 is 16.8. The van der Waals surface area contributed by atoms with Crippen LogP contribution >= 0.6 is 0 Å². The van der Waals surface area contributed by atoms with Gasteiger partial charge in [0.15, 0.2) is 0 Å². The fourth-order valence-corrected chi connectivity index (χ4v) is 4.76. The van der Waals surface area contributed by atoms with Gasteiger partial charge >= 0.3 is 0 Å². The normalized spacial score (nSPS) is 18.3. The molecule has 1 atom stereocenters. The minimum atomic E-state index is -1.57. The second kappa shape index (κ2) is 10.3. The van der Waals surface area contributed by atoms with Crippen LogP contribution in [0.5, 0.6) is 0 Å². The van der Waals surface area contributed by atoms with Crippen LogP contribution in [0.1, 0.15) is 49.2 Å². The zero-order valence-corrected chi connectivity index (χ0v) is 21.8. The van der Waals surface area contributed by atoms with Gasteiger partial charge < -0.3 is 9.80 Å². The fourth-order valence-electron chi connectivity index (χ4n) is 4.76. The van der Waals surface area contributed by atoms with E-state index in [9.17, 15) is 14.4 Å². The molecule has 0 N–H and O–H groups in total. The van der Waals surface area contributed by atoms with Crippen LogP contribution in [-0.4, -0.2) is 75.4 Å². The summed E-state index contributed by atoms with van der Waals surface area (Å²) in [5.74, 6) is -1.80. The second-order valence-electron chi connectivity index (χ2n) is 9.96. The summed E-state index contributed by atoms with van der Waals surface area (Å²) >= 11 is 0. The van der Waals surface area contributed by atoms with E-state index in [1.165, 1.54) is 23.1 Å². The molecule has 1 aromatic heterocycles. The van der Waals surface area contributed by atoms with Crippen molar-refractivity contribution in [3.05, 3.63) is 52.6 Å². The predicted octanol–water partition coefficient (Wildman–Crippen LogP) is 2.56. The third-order valence-electron chi connectivity index (χ3n) is 6.95. The zero-order chi connectivity index (χ0) is 26.1. The Labute approximate surface area is 206 Å². The molecule has 8 nitrogen and oxygen atoms in total. The van der Waals surface area contributed by atoms with Gasteiger partial charge in [-0.05, 0) is 47.9 Å². The van der Waals surface area contributed by atoms with Gasteiger partial charge in [-0.2, -0.15) is 5.10 Å². The average molecular weight is 486 g/mol. The number of likely N-dealkylation sites (N-methyl/N-ethyl adjacent to an activating group) is 1. The molecule has 0 radical (unpaired) electrons. The van der Waals surface area contributed by atoms with Gasteiger partial charge in [0.2, 0.25) is 17.7 Å². The van der Waals surface area contributed by atoms with E-state index in [4.69, 9.17) is 0 Å². The first-order valence-electron chi connectivity index (χ1n) is 11.9. The number of hydrogen-bond acceptors (Lipinski definition) is 5. The standard InChI is InChI=1S/C26H36FN5O3/c1-17(2)32(16-20-18(3)28-30(7)19(20)4)24(34)15-26(21-10-8-9-11-22(21)27)14-23(33)31(25(26)35)13-12-29(5)6/h8-11,17H,12-16H2,1-7H3. The number of rotatable bonds is 9. The van der Waals surface area contributed by atoms with Gasteiger partial charge in [-0.1, -0.05) is 18.2 Å². The predicted molar refractivity (Wildman–Crippen MR) is 131 cm³/mol. The highest BCUT2D eigenvalue weighted by molar-refractivity contribution is 6.10. The molecule has 190 valence electrons. The van der Waals surface area contributed by atoms with E-state index in [2.05, 4.69) is 5.10 Å². The van der Waals surface area contributed by atoms with Crippen molar-refractivity contribution in [2.24, 2.45) is 7.05 Å². The van der Waals surface area contributed by atoms with Crippen LogP contribution in [0.3, 0.4) is 0 Å². The van der Waals surface area contributed by atoms with Crippen molar-refractivity contribution in [3.63, 3.8) is 0 Å². The first-order valence-corrected chi connectivity index (χ1v) is 11.9. The molecule has 3 rings (SSSR count). The minimum absolute atomic E-state index is 0.0940. The van der Waals surface area contributed by atoms with Crippen molar-refractivity contribution >= 4 is 17.7 Å². The Balaban J connectivity index is 2.00. The van der Waals surface area contributed by atoms with Gasteiger partial charge in [-0.25, -0.2) is 4.39 Å². The Morgan fingerprint density at radius 1 is 1.20 bits per heavy atom. The van der Waals surface area contributed by atoms with E-state index in [0.29, 0.717) is 13.1 Å². The quantitative estimate of drug-likeness (QED) is 0.510. The Morgan fingerprint density at radius 2 is 1.86 bits per heavy atom. The maximum atomic E-state index is 15.1. The molecule has 2 aromatic rings. The first kappa shape index (κ1) is 26.5. The lowest BCUT2D eigenvalue weighted by Gasteiger charge is -2.33. The van der Waals surface area contributed by atoms with Crippen LogP contribution in [0, 0.1) is 19.7 Å². The second-order valence-corrected chi connectivity index (χ2v) is 9.96. The Hall–Kier alpha value is -3.07. The molecule has 0 bridgehead atoms. The number of nitrogens with zero attached hydrogens (tertiary/aromatic N) is 5. The monoisotopic (exact) mass is 485 g/mol. The third-order valence-corrected chi connectivity index (χ3v) is 6.95. The molecule has 1 saturated heterocycles. The number of aromatic nitrogens is 2. The van der Waals surface area contributed by atoms with Gasteiger partial charge in [-0.15, -0.1) is 0 Å². The fraction of sp³-hybridized carbons (Fsp3) is 0.538. The highest BCUT2D eigenvalue weighted by Gasteiger charge is 2.55. The minimum Gasteiger partial charge on any atom is -0.336 e. The van der Waals surface area contributed by atoms with Crippen LogP contribution in [0.4, 0.5) is 4.39 Å². The van der Waals surface area contributed by atoms with E-state index in [1.807, 2.05) is 53.7 Å². The van der Waals surface area contributed by atoms with Crippen molar-refractivity contribution in [2.45, 2.75) is 58.5 Å². The topological polar surface area (TPSA) is 78.8 Å². The summed E-state index contributed by atoms with van der Waals surface area (Å²) in [5.41, 5.74) is 1.24. The molecular weight excluding hydrogens is 449 g/mol. The molecule has 3 amide bonds. The number of aryl methyl sites for hydroxylation is 2. The maximum absolute atomic E-state index is 15.1. The number of likely N-dealkylation sites (tertiary alicyclic amines) is 1. The van der Waals surface area contributed by atoms with E-state index < -0.39 is 17.1 Å². The highest BCUT2D eigenvalue weighted by Crippen LogP contribution is 2.41. The number of benzene rings is 1. The number of amides is 3. The third kappa shape index (κ3) is 5.15. The van der Waals surface area contributed by atoms with Crippen LogP contribution < -0.4 is 0 Å². The summed E-state index contributed by atoms with van der Waals surface area (Å²) in [4.78, 5) is 45.2. The van der Waals surface area contributed by atoms with Crippen LogP contribution in [0.25, 0.3) is 0 Å². The smallest absolute Gasteiger partial charge is 0.241 e. The van der Waals surface area contributed by atoms with Gasteiger partial charge in [0, 0.05) is 62.4 Å². The van der Waals surface area contributed by atoms with Crippen LogP contribution in [0.15, 0.2) is 24.3 Å². The summed E-state index contributed by atoms with van der Waals surface area (Å²) in [6, 6.07) is 5.78. The number of carbonyl (C=O) groups excluding carboxylic acids is 3. The summed E-state index contributed by atoms with van der Waals surface area (Å²) in [5, 5.41) is 4.44. The van der Waals surface area contributed by atoms with Gasteiger partial charge in [0.1, 0.15) is 5.82 Å². The maximum Gasteiger partial charge on any atom is 0.241 e. The van der Waals surface area contributed by atoms with E-state index in [0.717, 1.165) is 17.0 Å². The molecule has 1 aliphatic heterocycles. The highest BCUT2D eigenvalue weighted by atomic mass is 19.1. The first-order chi connectivity index (χ1) is 16.4. The Kier molecular flexibility index (Phi) is 7.79. The lowest BCUT2D eigenvalue weighted by Crippen LogP contribution is -2.46. The van der Waals surface area contributed by atoms with Gasteiger partial charge in [0.05, 0.1) is 11.1 Å². The van der Waals surface area contributed by atoms with E-state index in [-0.39, 0.29) is 42.8 Å². The van der Waals surface area contributed by atoms with Crippen molar-refractivity contribution in [1.29, 1.82) is 0 Å². The molecule has 0 saturated carbocycles. The number of carbonyl (C=O) groups is 3. The average Bonchev–Trinajstić information content (AvgIpc) is 3.15. The summed E-state index contributed by atoms with van der Waals surface area (Å²) in [6.45, 7) is 8.64. The number of hydrogen-bond donors (Lipinski definition) is 0. The lowest BCUT2D eigenvalue weighted by molar-refractivity contribution is -0.143. The largest absolute Gasteiger partial charge is 0.336 e. The SMILES string of the molecule is Cc1nn(C)c(C)c1CN(C(=O)CC1(c2ccccc2F)CC(=O)N(CCN(C)C)C1=O)C(C)C. The van der Waals surface area contributed by atoms with Gasteiger partial charge in [0.25, 0.3) is 0 Å². The molecule has 2 heterocycles. The molecule has 0 aliphatic carbocycles. The lowest BCUT2D eigenvalue weighted by atomic mass is 9.75. The van der Waals surface area contributed by atoms with Gasteiger partial charge in [-0.3, -0.25) is 24.0 Å². The molecule has 1 aromatic carbocycles. The number of halogens is 1. The summed E-state index contributed by atoms with van der Waals surface area (Å²) in [7, 11) is 5.55. The zero-order valence-electron chi connectivity index (χ0n) is 21.8. The van der Waals surface area contributed by atoms with Crippen molar-refractivity contribution in [3.8, 4) is 0 Å². The molecule has 9 heteroatoms. The van der Waals surface area contributed by atoms with E-state index in [1.54, 1.807) is 15.6 Å². The Morgan fingerprint density at radius 3 is 2.40 bits per heavy atom.